The standard InChI is InChI=1S/C25H30Cl2N2O2/c1-18-7-5-6-10-22(18)24(25(31)28-21-8-3-2-4-9-21)29(23(30)17-26)16-15-19-11-13-20(27)14-12-19/h5-7,10-14,21,24H,2-4,8-9,15-17H2,1H3,(H,28,31)/t24-/m1/s1. The van der Waals surface area contributed by atoms with Gasteiger partial charge in [-0.3, -0.25) is 9.59 Å². The number of halogens is 2. The molecule has 0 aromatic heterocycles. The van der Waals surface area contributed by atoms with Gasteiger partial charge in [-0.1, -0.05) is 67.3 Å². The number of carbonyl (C=O) groups is 2. The molecule has 1 saturated carbocycles. The van der Waals surface area contributed by atoms with Gasteiger partial charge < -0.3 is 10.2 Å². The Hall–Kier alpha value is -2.04. The molecular formula is C25H30Cl2N2O2. The number of hydrogen-bond acceptors (Lipinski definition) is 2. The Morgan fingerprint density at radius 2 is 1.74 bits per heavy atom. The average Bonchev–Trinajstić information content (AvgIpc) is 2.78. The molecule has 2 amide bonds. The van der Waals surface area contributed by atoms with Crippen LogP contribution in [0.5, 0.6) is 0 Å². The fourth-order valence-corrected chi connectivity index (χ4v) is 4.53. The summed E-state index contributed by atoms with van der Waals surface area (Å²) in [6.07, 6.45) is 6.05. The molecule has 1 atom stereocenters. The van der Waals surface area contributed by atoms with E-state index < -0.39 is 6.04 Å². The van der Waals surface area contributed by atoms with Crippen LogP contribution in [0.3, 0.4) is 0 Å². The number of aryl methyl sites for hydroxylation is 1. The molecule has 3 rings (SSSR count). The number of rotatable bonds is 8. The minimum atomic E-state index is -0.707. The van der Waals surface area contributed by atoms with Crippen molar-refractivity contribution < 1.29 is 9.59 Å². The minimum Gasteiger partial charge on any atom is -0.351 e. The van der Waals surface area contributed by atoms with Crippen LogP contribution in [0.1, 0.15) is 54.8 Å². The molecule has 2 aromatic rings. The molecule has 0 unspecified atom stereocenters. The van der Waals surface area contributed by atoms with Crippen LogP contribution < -0.4 is 5.32 Å². The number of nitrogens with zero attached hydrogens (tertiary/aromatic N) is 1. The van der Waals surface area contributed by atoms with Gasteiger partial charge in [0.2, 0.25) is 11.8 Å². The Morgan fingerprint density at radius 3 is 2.39 bits per heavy atom. The van der Waals surface area contributed by atoms with Crippen molar-refractivity contribution in [2.45, 2.75) is 57.5 Å². The SMILES string of the molecule is Cc1ccccc1[C@H](C(=O)NC1CCCCC1)N(CCc1ccc(Cl)cc1)C(=O)CCl. The van der Waals surface area contributed by atoms with E-state index in [9.17, 15) is 9.59 Å². The van der Waals surface area contributed by atoms with Crippen LogP contribution in [0.25, 0.3) is 0 Å². The van der Waals surface area contributed by atoms with Crippen LogP contribution in [-0.4, -0.2) is 35.2 Å². The number of amides is 2. The Morgan fingerprint density at radius 1 is 1.06 bits per heavy atom. The molecule has 4 nitrogen and oxygen atoms in total. The minimum absolute atomic E-state index is 0.129. The van der Waals surface area contributed by atoms with E-state index in [2.05, 4.69) is 5.32 Å². The first kappa shape index (κ1) is 23.6. The van der Waals surface area contributed by atoms with E-state index in [0.29, 0.717) is 18.0 Å². The lowest BCUT2D eigenvalue weighted by atomic mass is 9.94. The van der Waals surface area contributed by atoms with E-state index >= 15 is 0 Å². The fourth-order valence-electron chi connectivity index (χ4n) is 4.25. The van der Waals surface area contributed by atoms with Crippen LogP contribution in [0, 0.1) is 6.92 Å². The summed E-state index contributed by atoms with van der Waals surface area (Å²) in [6, 6.07) is 14.8. The molecule has 0 bridgehead atoms. The third-order valence-corrected chi connectivity index (χ3v) is 6.46. The second kappa shape index (κ2) is 11.5. The van der Waals surface area contributed by atoms with Crippen molar-refractivity contribution in [2.24, 2.45) is 0 Å². The van der Waals surface area contributed by atoms with Gasteiger partial charge in [-0.15, -0.1) is 11.6 Å². The molecule has 1 N–H and O–H groups in total. The Labute approximate surface area is 194 Å². The normalized spacial score (nSPS) is 15.3. The van der Waals surface area contributed by atoms with Crippen molar-refractivity contribution in [1.29, 1.82) is 0 Å². The van der Waals surface area contributed by atoms with Crippen LogP contribution in [0.4, 0.5) is 0 Å². The quantitative estimate of drug-likeness (QED) is 0.532. The second-order valence-electron chi connectivity index (χ2n) is 8.20. The van der Waals surface area contributed by atoms with Crippen LogP contribution >= 0.6 is 23.2 Å². The number of carbonyl (C=O) groups excluding carboxylic acids is 2. The fraction of sp³-hybridized carbons (Fsp3) is 0.440. The molecular weight excluding hydrogens is 431 g/mol. The summed E-state index contributed by atoms with van der Waals surface area (Å²) in [5.74, 6) is -0.543. The van der Waals surface area contributed by atoms with Gasteiger partial charge in [0.05, 0.1) is 0 Å². The maximum atomic E-state index is 13.5. The summed E-state index contributed by atoms with van der Waals surface area (Å²) >= 11 is 12.0. The Balaban J connectivity index is 1.88. The maximum absolute atomic E-state index is 13.5. The third kappa shape index (κ3) is 6.47. The van der Waals surface area contributed by atoms with Crippen molar-refractivity contribution in [3.8, 4) is 0 Å². The molecule has 1 fully saturated rings. The molecule has 1 aliphatic rings. The van der Waals surface area contributed by atoms with E-state index in [4.69, 9.17) is 23.2 Å². The first-order chi connectivity index (χ1) is 15.0. The highest BCUT2D eigenvalue weighted by Gasteiger charge is 2.33. The van der Waals surface area contributed by atoms with E-state index in [1.807, 2.05) is 55.5 Å². The molecule has 6 heteroatoms. The van der Waals surface area contributed by atoms with Crippen LogP contribution in [0.15, 0.2) is 48.5 Å². The first-order valence-electron chi connectivity index (χ1n) is 11.0. The lowest BCUT2D eigenvalue weighted by Gasteiger charge is -2.34. The van der Waals surface area contributed by atoms with E-state index in [1.165, 1.54) is 6.42 Å². The van der Waals surface area contributed by atoms with Gasteiger partial charge in [-0.2, -0.15) is 0 Å². The summed E-state index contributed by atoms with van der Waals surface area (Å²) in [5.41, 5.74) is 2.86. The highest BCUT2D eigenvalue weighted by molar-refractivity contribution is 6.30. The Bertz CT molecular complexity index is 879. The van der Waals surface area contributed by atoms with Gasteiger partial charge in [0, 0.05) is 17.6 Å². The van der Waals surface area contributed by atoms with Crippen LogP contribution in [-0.2, 0) is 16.0 Å². The molecule has 2 aromatic carbocycles. The number of nitrogens with one attached hydrogen (secondary N) is 1. The van der Waals surface area contributed by atoms with Gasteiger partial charge >= 0.3 is 0 Å². The molecule has 0 spiro atoms. The highest BCUT2D eigenvalue weighted by atomic mass is 35.5. The monoisotopic (exact) mass is 460 g/mol. The smallest absolute Gasteiger partial charge is 0.247 e. The zero-order valence-corrected chi connectivity index (χ0v) is 19.5. The molecule has 0 aliphatic heterocycles. The van der Waals surface area contributed by atoms with Gasteiger partial charge in [0.1, 0.15) is 11.9 Å². The van der Waals surface area contributed by atoms with Crippen molar-refractivity contribution in [3.05, 3.63) is 70.2 Å². The van der Waals surface area contributed by atoms with E-state index in [1.54, 1.807) is 4.90 Å². The van der Waals surface area contributed by atoms with Gasteiger partial charge in [-0.25, -0.2) is 0 Å². The molecule has 0 radical (unpaired) electrons. The number of alkyl halides is 1. The highest BCUT2D eigenvalue weighted by Crippen LogP contribution is 2.27. The third-order valence-electron chi connectivity index (χ3n) is 5.98. The van der Waals surface area contributed by atoms with Gasteiger partial charge in [0.15, 0.2) is 0 Å². The molecule has 1 aliphatic carbocycles. The lowest BCUT2D eigenvalue weighted by Crippen LogP contribution is -2.48. The summed E-state index contributed by atoms with van der Waals surface area (Å²) < 4.78 is 0. The topological polar surface area (TPSA) is 49.4 Å². The molecule has 166 valence electrons. The molecule has 0 saturated heterocycles. The lowest BCUT2D eigenvalue weighted by molar-refractivity contribution is -0.139. The summed E-state index contributed by atoms with van der Waals surface area (Å²) in [5, 5.41) is 3.88. The van der Waals surface area contributed by atoms with E-state index in [0.717, 1.165) is 42.4 Å². The molecule has 31 heavy (non-hydrogen) atoms. The van der Waals surface area contributed by atoms with Crippen molar-refractivity contribution in [3.63, 3.8) is 0 Å². The van der Waals surface area contributed by atoms with Crippen LogP contribution in [0.2, 0.25) is 5.02 Å². The number of hydrogen-bond donors (Lipinski definition) is 1. The average molecular weight is 461 g/mol. The van der Waals surface area contributed by atoms with Crippen molar-refractivity contribution in [2.75, 3.05) is 12.4 Å². The summed E-state index contributed by atoms with van der Waals surface area (Å²) in [4.78, 5) is 28.0. The van der Waals surface area contributed by atoms with E-state index in [-0.39, 0.29) is 23.7 Å². The van der Waals surface area contributed by atoms with Crippen molar-refractivity contribution >= 4 is 35.0 Å². The van der Waals surface area contributed by atoms with Gasteiger partial charge in [-0.05, 0) is 55.0 Å². The zero-order valence-electron chi connectivity index (χ0n) is 17.9. The summed E-state index contributed by atoms with van der Waals surface area (Å²) in [7, 11) is 0. The maximum Gasteiger partial charge on any atom is 0.247 e. The summed E-state index contributed by atoms with van der Waals surface area (Å²) in [6.45, 7) is 2.36. The predicted molar refractivity (Wildman–Crippen MR) is 127 cm³/mol. The Kier molecular flexibility index (Phi) is 8.79. The largest absolute Gasteiger partial charge is 0.351 e. The first-order valence-corrected chi connectivity index (χ1v) is 11.9. The zero-order chi connectivity index (χ0) is 22.2. The van der Waals surface area contributed by atoms with Gasteiger partial charge in [0.25, 0.3) is 0 Å². The second-order valence-corrected chi connectivity index (χ2v) is 8.90. The van der Waals surface area contributed by atoms with Crippen molar-refractivity contribution in [1.82, 2.24) is 10.2 Å². The predicted octanol–water partition coefficient (Wildman–Crippen LogP) is 5.45. The number of benzene rings is 2. The molecule has 0 heterocycles.